The van der Waals surface area contributed by atoms with Crippen LogP contribution in [0.1, 0.15) is 50.8 Å². The fourth-order valence-corrected chi connectivity index (χ4v) is 7.35. The molecule has 1 saturated heterocycles. The number of fused-ring (bicyclic) bond motifs is 2. The second-order valence-corrected chi connectivity index (χ2v) is 14.3. The van der Waals surface area contributed by atoms with Crippen LogP contribution in [-0.2, 0) is 33.5 Å². The third-order valence-corrected chi connectivity index (χ3v) is 10.3. The molecule has 3 aromatic rings. The Bertz CT molecular complexity index is 2380. The van der Waals surface area contributed by atoms with E-state index in [9.17, 15) is 43.8 Å². The summed E-state index contributed by atoms with van der Waals surface area (Å²) in [5, 5.41) is 26.1. The maximum atomic E-state index is 13.1. The van der Waals surface area contributed by atoms with E-state index in [-0.39, 0.29) is 110 Å². The maximum Gasteiger partial charge on any atom is 0.336 e. The number of imide groups is 1. The number of carbonyl (C=O) groups is 6. The van der Waals surface area contributed by atoms with Gasteiger partial charge in [-0.25, -0.2) is 9.59 Å². The van der Waals surface area contributed by atoms with Crippen LogP contribution < -0.4 is 16.1 Å². The van der Waals surface area contributed by atoms with Gasteiger partial charge in [0.1, 0.15) is 22.3 Å². The molecule has 0 spiro atoms. The number of carbonyl (C=O) groups excluding carboxylic acids is 5. The van der Waals surface area contributed by atoms with Crippen molar-refractivity contribution in [3.63, 3.8) is 0 Å². The van der Waals surface area contributed by atoms with Crippen LogP contribution in [0.25, 0.3) is 33.4 Å². The van der Waals surface area contributed by atoms with E-state index < -0.39 is 34.9 Å². The molecule has 0 bridgehead atoms. The topological polar surface area (TPSA) is 228 Å². The molecule has 1 aliphatic carbocycles. The molecule has 0 saturated carbocycles. The molecule has 59 heavy (non-hydrogen) atoms. The fraction of sp³-hybridized carbons (Fsp3) is 0.262. The highest BCUT2D eigenvalue weighted by molar-refractivity contribution is 8.00. The molecule has 4 amide bonds. The van der Waals surface area contributed by atoms with E-state index in [1.807, 2.05) is 6.07 Å². The van der Waals surface area contributed by atoms with Gasteiger partial charge in [0.25, 0.3) is 17.7 Å². The Kier molecular flexibility index (Phi) is 14.1. The number of carboxylic acids is 1. The monoisotopic (exact) mass is 825 g/mol. The highest BCUT2D eigenvalue weighted by Crippen LogP contribution is 2.42. The van der Waals surface area contributed by atoms with Crippen LogP contribution in [0, 0.1) is 0 Å². The summed E-state index contributed by atoms with van der Waals surface area (Å²) >= 11 is 1.22. The number of ether oxygens (including phenoxy) is 2. The molecule has 306 valence electrons. The molecule has 2 heterocycles. The smallest absolute Gasteiger partial charge is 0.336 e. The molecule has 6 rings (SSSR count). The molecule has 17 heteroatoms. The number of nitrogens with zero attached hydrogens (tertiary/aromatic N) is 1. The first-order valence-electron chi connectivity index (χ1n) is 18.5. The van der Waals surface area contributed by atoms with Gasteiger partial charge in [0, 0.05) is 65.9 Å². The third kappa shape index (κ3) is 10.7. The van der Waals surface area contributed by atoms with Crippen molar-refractivity contribution in [1.82, 2.24) is 15.7 Å². The van der Waals surface area contributed by atoms with Crippen molar-refractivity contribution < 1.29 is 57.7 Å². The van der Waals surface area contributed by atoms with Gasteiger partial charge in [-0.3, -0.25) is 24.0 Å². The number of benzene rings is 4. The number of carboxylic acid groups (broad SMARTS) is 1. The Morgan fingerprint density at radius 1 is 0.797 bits per heavy atom. The lowest BCUT2D eigenvalue weighted by molar-refractivity contribution is -0.197. The summed E-state index contributed by atoms with van der Waals surface area (Å²) in [6, 6.07) is 21.9. The number of amides is 4. The van der Waals surface area contributed by atoms with Crippen molar-refractivity contribution in [1.29, 1.82) is 0 Å². The minimum absolute atomic E-state index is 0.00144. The highest BCUT2D eigenvalue weighted by atomic mass is 32.2. The van der Waals surface area contributed by atoms with E-state index in [1.54, 1.807) is 36.4 Å². The first kappa shape index (κ1) is 42.1. The summed E-state index contributed by atoms with van der Waals surface area (Å²) in [5.74, 6) is -3.63. The lowest BCUT2D eigenvalue weighted by atomic mass is 9.90. The number of nitrogens with one attached hydrogen (secondary N) is 2. The number of thioether (sulfide) groups is 1. The summed E-state index contributed by atoms with van der Waals surface area (Å²) < 4.78 is 17.0. The van der Waals surface area contributed by atoms with Crippen LogP contribution in [0.2, 0.25) is 0 Å². The molecular formula is C42H39N3O13S. The highest BCUT2D eigenvalue weighted by Gasteiger charge is 2.33. The van der Waals surface area contributed by atoms with E-state index in [4.69, 9.17) is 18.7 Å². The molecule has 1 fully saturated rings. The minimum Gasteiger partial charge on any atom is -0.508 e. The molecular weight excluding hydrogens is 787 g/mol. The first-order chi connectivity index (χ1) is 28.5. The predicted octanol–water partition coefficient (Wildman–Crippen LogP) is 4.32. The predicted molar refractivity (Wildman–Crippen MR) is 214 cm³/mol. The summed E-state index contributed by atoms with van der Waals surface area (Å²) in [6.07, 6.45) is -0.122. The van der Waals surface area contributed by atoms with Crippen LogP contribution in [0.15, 0.2) is 94.1 Å². The van der Waals surface area contributed by atoms with Crippen molar-refractivity contribution in [3.8, 4) is 28.2 Å². The van der Waals surface area contributed by atoms with Crippen LogP contribution in [0.5, 0.6) is 5.75 Å². The van der Waals surface area contributed by atoms with Crippen molar-refractivity contribution in [2.45, 2.75) is 24.5 Å². The quantitative estimate of drug-likeness (QED) is 0.0517. The lowest BCUT2D eigenvalue weighted by Crippen LogP contribution is -2.32. The molecule has 1 unspecified atom stereocenters. The Morgan fingerprint density at radius 3 is 2.20 bits per heavy atom. The Labute approximate surface area is 340 Å². The van der Waals surface area contributed by atoms with Gasteiger partial charge in [0.2, 0.25) is 5.91 Å². The van der Waals surface area contributed by atoms with Crippen LogP contribution in [0.4, 0.5) is 0 Å². The second-order valence-electron chi connectivity index (χ2n) is 13.1. The van der Waals surface area contributed by atoms with Gasteiger partial charge < -0.3 is 39.6 Å². The molecule has 3 aromatic carbocycles. The molecule has 0 radical (unpaired) electrons. The summed E-state index contributed by atoms with van der Waals surface area (Å²) in [7, 11) is 0. The van der Waals surface area contributed by atoms with Crippen molar-refractivity contribution in [2.24, 2.45) is 0 Å². The van der Waals surface area contributed by atoms with Crippen molar-refractivity contribution >= 4 is 58.3 Å². The zero-order valence-electron chi connectivity index (χ0n) is 31.5. The standard InChI is InChI=1S/C42H39N3O13S/c46-27-7-10-30-33(23-27)57-34-24-28(47)8-11-31(34)38(30)29-9-6-26(22-32(29)42(53)54)40(51)43-15-17-55-19-20-56-18-16-44-41(52)39(25-4-2-1-3-5-25)59-21-14-37(50)58-45-35(48)12-13-36(45)49/h1-11,22-24,39,46H,12-21H2,(H,43,51)(H,44,52)(H,53,54). The SMILES string of the molecule is O=C(CCSC(C(=O)NCCOCCOCCNC(=O)c1ccc(-c2c3ccc(=O)cc-3oc3cc(O)ccc23)c(C(=O)O)c1)c1ccccc1)ON1C(=O)CCC1=O. The number of phenolic OH excluding ortho intramolecular Hbond substituents is 1. The van der Waals surface area contributed by atoms with Crippen molar-refractivity contribution in [3.05, 3.63) is 112 Å². The minimum atomic E-state index is -1.28. The van der Waals surface area contributed by atoms with Gasteiger partial charge in [0.05, 0.1) is 38.4 Å². The van der Waals surface area contributed by atoms with Gasteiger partial charge in [-0.1, -0.05) is 36.4 Å². The number of aromatic hydroxyl groups is 1. The van der Waals surface area contributed by atoms with Gasteiger partial charge in [-0.05, 0) is 47.5 Å². The number of aromatic carboxylic acids is 1. The van der Waals surface area contributed by atoms with Gasteiger partial charge in [0.15, 0.2) is 5.43 Å². The van der Waals surface area contributed by atoms with E-state index in [2.05, 4.69) is 10.6 Å². The normalized spacial score (nSPS) is 13.1. The first-order valence-corrected chi connectivity index (χ1v) is 19.6. The fourth-order valence-electron chi connectivity index (χ4n) is 6.25. The number of hydrogen-bond acceptors (Lipinski definition) is 13. The average Bonchev–Trinajstić information content (AvgIpc) is 3.54. The largest absolute Gasteiger partial charge is 0.508 e. The molecule has 3 aliphatic rings. The molecule has 2 aliphatic heterocycles. The van der Waals surface area contributed by atoms with Crippen LogP contribution >= 0.6 is 11.8 Å². The maximum absolute atomic E-state index is 13.1. The van der Waals surface area contributed by atoms with Gasteiger partial charge in [-0.2, -0.15) is 0 Å². The zero-order valence-corrected chi connectivity index (χ0v) is 32.3. The Balaban J connectivity index is 0.926. The zero-order chi connectivity index (χ0) is 41.9. The van der Waals surface area contributed by atoms with E-state index in [0.29, 0.717) is 21.6 Å². The van der Waals surface area contributed by atoms with Gasteiger partial charge in [-0.15, -0.1) is 16.8 Å². The van der Waals surface area contributed by atoms with E-state index in [0.717, 1.165) is 5.56 Å². The average molecular weight is 826 g/mol. The van der Waals surface area contributed by atoms with Gasteiger partial charge >= 0.3 is 11.9 Å². The summed E-state index contributed by atoms with van der Waals surface area (Å²) in [6.45, 7) is 1.07. The van der Waals surface area contributed by atoms with Crippen LogP contribution in [-0.4, -0.2) is 96.1 Å². The second kappa shape index (κ2) is 19.7. The van der Waals surface area contributed by atoms with E-state index in [1.165, 1.54) is 54.2 Å². The lowest BCUT2D eigenvalue weighted by Gasteiger charge is -2.17. The number of hydroxylamine groups is 2. The summed E-state index contributed by atoms with van der Waals surface area (Å²) in [4.78, 5) is 91.2. The molecule has 1 atom stereocenters. The molecule has 0 aromatic heterocycles. The van der Waals surface area contributed by atoms with Crippen molar-refractivity contribution in [2.75, 3.05) is 45.3 Å². The Hall–Kier alpha value is -6.56. The number of phenols is 1. The summed E-state index contributed by atoms with van der Waals surface area (Å²) in [5.41, 5.74) is 1.84. The third-order valence-electron chi connectivity index (χ3n) is 9.04. The van der Waals surface area contributed by atoms with Crippen LogP contribution in [0.3, 0.4) is 0 Å². The number of rotatable bonds is 19. The molecule has 16 nitrogen and oxygen atoms in total. The molecule has 4 N–H and O–H groups in total. The number of hydrogen-bond donors (Lipinski definition) is 4. The Morgan fingerprint density at radius 2 is 1.49 bits per heavy atom. The van der Waals surface area contributed by atoms with E-state index >= 15 is 0 Å².